The Morgan fingerprint density at radius 1 is 0.386 bits per heavy atom. The van der Waals surface area contributed by atoms with Crippen LogP contribution in [0.4, 0.5) is 0 Å². The van der Waals surface area contributed by atoms with Crippen molar-refractivity contribution in [3.63, 3.8) is 0 Å². The van der Waals surface area contributed by atoms with Crippen LogP contribution in [0.2, 0.25) is 0 Å². The minimum absolute atomic E-state index is 0.223. The van der Waals surface area contributed by atoms with Crippen molar-refractivity contribution in [2.45, 2.75) is 110 Å². The van der Waals surface area contributed by atoms with Crippen molar-refractivity contribution in [1.82, 2.24) is 31.9 Å². The first-order chi connectivity index (χ1) is 40.2. The Labute approximate surface area is 488 Å². The molecule has 0 aliphatic heterocycles. The Balaban J connectivity index is 0.816. The summed E-state index contributed by atoms with van der Waals surface area (Å²) in [6.45, 7) is 10.5. The second-order valence-electron chi connectivity index (χ2n) is 21.1. The zero-order chi connectivity index (χ0) is 59.0. The SMILES string of the molecule is CC(C)(C)OC(=O)C(O)(CC(=O)NCCCCNCCCNC(=O)c1ccc(OCc2ccccc2)c(OCc2ccccc2)c1)CC(=O)NCCCCNCCCNC(=O)c1ccc(OCc2ccccc2)c(OCc2ccccc2)c1. The fourth-order valence-electron chi connectivity index (χ4n) is 8.43. The number of carbonyl (C=O) groups excluding carboxylic acids is 5. The number of carbonyl (C=O) groups is 5. The molecule has 0 aliphatic carbocycles. The first-order valence-electron chi connectivity index (χ1n) is 28.6. The number of ether oxygens (including phenoxy) is 5. The van der Waals surface area contributed by atoms with Crippen LogP contribution in [-0.4, -0.2) is 98.3 Å². The lowest BCUT2D eigenvalue weighted by Gasteiger charge is -2.29. The summed E-state index contributed by atoms with van der Waals surface area (Å²) < 4.78 is 29.9. The number of benzene rings is 6. The molecule has 6 aromatic rings. The Bertz CT molecular complexity index is 2730. The summed E-state index contributed by atoms with van der Waals surface area (Å²) in [7, 11) is 0. The van der Waals surface area contributed by atoms with Gasteiger partial charge in [0.15, 0.2) is 28.6 Å². The van der Waals surface area contributed by atoms with Crippen molar-refractivity contribution in [3.8, 4) is 23.0 Å². The summed E-state index contributed by atoms with van der Waals surface area (Å²) in [6.07, 6.45) is 2.82. The van der Waals surface area contributed by atoms with Crippen LogP contribution in [0, 0.1) is 0 Å². The van der Waals surface area contributed by atoms with Crippen molar-refractivity contribution in [3.05, 3.63) is 191 Å². The van der Waals surface area contributed by atoms with Crippen LogP contribution in [0.5, 0.6) is 23.0 Å². The Kier molecular flexibility index (Phi) is 26.9. The maximum atomic E-state index is 13.2. The van der Waals surface area contributed by atoms with E-state index in [1.54, 1.807) is 57.2 Å². The molecule has 17 heteroatoms. The quantitative estimate of drug-likeness (QED) is 0.0143. The molecular weight excluding hydrogens is 1050 g/mol. The molecule has 0 unspecified atom stereocenters. The highest BCUT2D eigenvalue weighted by Crippen LogP contribution is 2.32. The normalized spacial score (nSPS) is 11.2. The molecule has 0 saturated carbocycles. The third-order valence-corrected chi connectivity index (χ3v) is 12.9. The number of hydrogen-bond acceptors (Lipinski definition) is 13. The fourth-order valence-corrected chi connectivity index (χ4v) is 8.43. The van der Waals surface area contributed by atoms with Gasteiger partial charge >= 0.3 is 5.97 Å². The molecule has 0 aromatic heterocycles. The number of aliphatic hydroxyl groups is 1. The summed E-state index contributed by atoms with van der Waals surface area (Å²) >= 11 is 0. The van der Waals surface area contributed by atoms with Crippen LogP contribution in [0.3, 0.4) is 0 Å². The molecule has 4 amide bonds. The van der Waals surface area contributed by atoms with Crippen LogP contribution in [-0.2, 0) is 45.5 Å². The smallest absolute Gasteiger partial charge is 0.339 e. The van der Waals surface area contributed by atoms with Crippen molar-refractivity contribution in [1.29, 1.82) is 0 Å². The third kappa shape index (κ3) is 24.4. The summed E-state index contributed by atoms with van der Waals surface area (Å²) in [5.41, 5.74) is 1.60. The lowest BCUT2D eigenvalue weighted by Crippen LogP contribution is -2.50. The molecule has 0 radical (unpaired) electrons. The fraction of sp³-hybridized carbons (Fsp3) is 0.379. The van der Waals surface area contributed by atoms with Gasteiger partial charge in [-0.1, -0.05) is 121 Å². The van der Waals surface area contributed by atoms with E-state index < -0.39 is 41.8 Å². The number of unbranched alkanes of at least 4 members (excludes halogenated alkanes) is 2. The number of nitrogens with one attached hydrogen (secondary N) is 6. The van der Waals surface area contributed by atoms with Crippen LogP contribution in [0.15, 0.2) is 158 Å². The van der Waals surface area contributed by atoms with Gasteiger partial charge in [-0.15, -0.1) is 0 Å². The van der Waals surface area contributed by atoms with E-state index in [4.69, 9.17) is 23.7 Å². The van der Waals surface area contributed by atoms with E-state index in [2.05, 4.69) is 31.9 Å². The topological polar surface area (TPSA) is 224 Å². The lowest BCUT2D eigenvalue weighted by atomic mass is 9.94. The predicted octanol–water partition coefficient (Wildman–Crippen LogP) is 8.77. The van der Waals surface area contributed by atoms with Crippen molar-refractivity contribution >= 4 is 29.6 Å². The van der Waals surface area contributed by atoms with E-state index in [-0.39, 0.29) is 11.8 Å². The molecular formula is C66H82N6O11. The molecule has 0 saturated heterocycles. The third-order valence-electron chi connectivity index (χ3n) is 12.9. The molecule has 442 valence electrons. The van der Waals surface area contributed by atoms with Crippen LogP contribution in [0.25, 0.3) is 0 Å². The second kappa shape index (κ2) is 34.9. The average molecular weight is 1140 g/mol. The van der Waals surface area contributed by atoms with Gasteiger partial charge in [0, 0.05) is 37.3 Å². The summed E-state index contributed by atoms with van der Waals surface area (Å²) in [4.78, 5) is 65.6. The molecule has 7 N–H and O–H groups in total. The molecule has 83 heavy (non-hydrogen) atoms. The van der Waals surface area contributed by atoms with E-state index in [1.165, 1.54) is 0 Å². The Morgan fingerprint density at radius 2 is 0.699 bits per heavy atom. The molecule has 0 spiro atoms. The van der Waals surface area contributed by atoms with Crippen molar-refractivity contribution in [2.75, 3.05) is 52.4 Å². The highest BCUT2D eigenvalue weighted by molar-refractivity contribution is 5.95. The summed E-state index contributed by atoms with van der Waals surface area (Å²) in [6, 6.07) is 49.6. The van der Waals surface area contributed by atoms with E-state index in [0.29, 0.717) is 139 Å². The maximum absolute atomic E-state index is 13.2. The van der Waals surface area contributed by atoms with Gasteiger partial charge in [-0.3, -0.25) is 19.2 Å². The standard InChI is InChI=1S/C66H82N6O11/c1-65(2,3)83-64(77)66(78,44-60(73)69-38-18-16-34-67-36-20-40-71-62(75)54-30-32-56(79-46-50-22-8-4-9-23-50)58(42-54)81-48-52-26-12-6-13-27-52)45-61(74)70-39-19-17-35-68-37-21-41-72-63(76)55-31-33-57(80-47-51-24-10-5-11-25-51)59(43-55)82-49-53-28-14-7-15-29-53/h4-15,22-33,42-43,67-68,78H,16-21,34-41,44-49H2,1-3H3,(H,69,73)(H,70,74)(H,71,75)(H,72,76). The predicted molar refractivity (Wildman–Crippen MR) is 320 cm³/mol. The van der Waals surface area contributed by atoms with E-state index >= 15 is 0 Å². The van der Waals surface area contributed by atoms with Gasteiger partial charge in [-0.25, -0.2) is 4.79 Å². The maximum Gasteiger partial charge on any atom is 0.339 e. The number of rotatable bonds is 37. The van der Waals surface area contributed by atoms with Crippen molar-refractivity contribution in [2.24, 2.45) is 0 Å². The van der Waals surface area contributed by atoms with Gasteiger partial charge in [-0.2, -0.15) is 0 Å². The van der Waals surface area contributed by atoms with Gasteiger partial charge < -0.3 is 60.7 Å². The number of hydrogen-bond donors (Lipinski definition) is 7. The Hall–Kier alpha value is -8.25. The molecule has 0 bridgehead atoms. The minimum Gasteiger partial charge on any atom is -0.485 e. The van der Waals surface area contributed by atoms with E-state index in [9.17, 15) is 29.1 Å². The van der Waals surface area contributed by atoms with E-state index in [1.807, 2.05) is 121 Å². The van der Waals surface area contributed by atoms with Gasteiger partial charge in [0.2, 0.25) is 11.8 Å². The zero-order valence-electron chi connectivity index (χ0n) is 48.2. The highest BCUT2D eigenvalue weighted by atomic mass is 16.6. The lowest BCUT2D eigenvalue weighted by molar-refractivity contribution is -0.181. The minimum atomic E-state index is -2.37. The van der Waals surface area contributed by atoms with Gasteiger partial charge in [0.1, 0.15) is 32.0 Å². The Morgan fingerprint density at radius 3 is 1.05 bits per heavy atom. The molecule has 17 nitrogen and oxygen atoms in total. The van der Waals surface area contributed by atoms with Crippen molar-refractivity contribution < 1.29 is 52.8 Å². The first kappa shape index (κ1) is 63.9. The monoisotopic (exact) mass is 1130 g/mol. The number of amides is 4. The largest absolute Gasteiger partial charge is 0.485 e. The average Bonchev–Trinajstić information content (AvgIpc) is 3.65. The molecule has 0 fully saturated rings. The van der Waals surface area contributed by atoms with Gasteiger partial charge in [0.25, 0.3) is 11.8 Å². The summed E-state index contributed by atoms with van der Waals surface area (Å²) in [5, 5.41) is 29.6. The second-order valence-corrected chi connectivity index (χ2v) is 21.1. The molecule has 0 atom stereocenters. The highest BCUT2D eigenvalue weighted by Gasteiger charge is 2.43. The first-order valence-corrected chi connectivity index (χ1v) is 28.6. The van der Waals surface area contributed by atoms with Crippen LogP contribution in [0.1, 0.15) is 115 Å². The van der Waals surface area contributed by atoms with Crippen LogP contribution >= 0.6 is 0 Å². The molecule has 6 aromatic carbocycles. The van der Waals surface area contributed by atoms with E-state index in [0.717, 1.165) is 35.1 Å². The van der Waals surface area contributed by atoms with Gasteiger partial charge in [0.05, 0.1) is 12.8 Å². The number of esters is 1. The van der Waals surface area contributed by atoms with Crippen LogP contribution < -0.4 is 50.8 Å². The van der Waals surface area contributed by atoms with Gasteiger partial charge in [-0.05, 0) is 144 Å². The zero-order valence-corrected chi connectivity index (χ0v) is 48.2. The molecule has 0 heterocycles. The molecule has 6 rings (SSSR count). The summed E-state index contributed by atoms with van der Waals surface area (Å²) in [5.74, 6) is -0.612. The molecule has 0 aliphatic rings.